The summed E-state index contributed by atoms with van der Waals surface area (Å²) >= 11 is 5.31. The van der Waals surface area contributed by atoms with E-state index in [0.717, 1.165) is 13.1 Å². The predicted octanol–water partition coefficient (Wildman–Crippen LogP) is 2.94. The summed E-state index contributed by atoms with van der Waals surface area (Å²) in [6, 6.07) is 4.88. The Morgan fingerprint density at radius 1 is 1.18 bits per heavy atom. The minimum Gasteiger partial charge on any atom is -0.512 e. The third kappa shape index (κ3) is 2.74. The minimum absolute atomic E-state index is 0.154. The van der Waals surface area contributed by atoms with Gasteiger partial charge in [-0.15, -0.1) is 0 Å². The first-order chi connectivity index (χ1) is 10.4. The van der Waals surface area contributed by atoms with Gasteiger partial charge in [0.15, 0.2) is 5.11 Å². The molecule has 22 heavy (non-hydrogen) atoms. The van der Waals surface area contributed by atoms with Gasteiger partial charge >= 0.3 is 0 Å². The zero-order chi connectivity index (χ0) is 16.4. The van der Waals surface area contributed by atoms with Crippen molar-refractivity contribution in [3.8, 4) is 0 Å². The van der Waals surface area contributed by atoms with Gasteiger partial charge in [-0.05, 0) is 51.2 Å². The second-order valence-electron chi connectivity index (χ2n) is 4.98. The number of benzene rings is 1. The number of hydrogen-bond donors (Lipinski definition) is 2. The lowest BCUT2D eigenvalue weighted by molar-refractivity contribution is 0.0981. The number of nitrogens with one attached hydrogen (secondary N) is 1. The number of fused-ring (bicyclic) bond motifs is 1. The van der Waals surface area contributed by atoms with Gasteiger partial charge in [-0.2, -0.15) is 0 Å². The van der Waals surface area contributed by atoms with E-state index < -0.39 is 11.6 Å². The SMILES string of the molecule is CCN(CC)C(=S)Nc1ccc2c(c1)C(=O)/C(=C(\C)O)C2=O. The Hall–Kier alpha value is -2.21. The van der Waals surface area contributed by atoms with E-state index in [4.69, 9.17) is 12.2 Å². The largest absolute Gasteiger partial charge is 0.512 e. The number of allylic oxidation sites excluding steroid dienone is 2. The van der Waals surface area contributed by atoms with Crippen LogP contribution in [0, 0.1) is 0 Å². The Kier molecular flexibility index (Phi) is 4.61. The number of Topliss-reactive ketones (excluding diaryl/α,β-unsaturated/α-hetero) is 2. The molecule has 2 N–H and O–H groups in total. The maximum absolute atomic E-state index is 12.2. The number of nitrogens with zero attached hydrogens (tertiary/aromatic N) is 1. The second-order valence-corrected chi connectivity index (χ2v) is 5.37. The van der Waals surface area contributed by atoms with E-state index in [1.165, 1.54) is 6.92 Å². The summed E-state index contributed by atoms with van der Waals surface area (Å²) in [5, 5.41) is 13.1. The smallest absolute Gasteiger partial charge is 0.201 e. The van der Waals surface area contributed by atoms with Crippen LogP contribution in [0.25, 0.3) is 0 Å². The average molecular weight is 318 g/mol. The molecule has 1 aliphatic carbocycles. The molecule has 0 unspecified atom stereocenters. The third-order valence-corrected chi connectivity index (χ3v) is 3.99. The number of thiocarbonyl (C=S) groups is 1. The fraction of sp³-hybridized carbons (Fsp3) is 0.312. The van der Waals surface area contributed by atoms with E-state index >= 15 is 0 Å². The van der Waals surface area contributed by atoms with Gasteiger partial charge < -0.3 is 15.3 Å². The molecule has 0 bridgehead atoms. The minimum atomic E-state index is -0.447. The fourth-order valence-corrected chi connectivity index (χ4v) is 2.80. The molecule has 6 heteroatoms. The molecule has 0 spiro atoms. The van der Waals surface area contributed by atoms with Gasteiger partial charge in [-0.25, -0.2) is 0 Å². The van der Waals surface area contributed by atoms with Crippen LogP contribution >= 0.6 is 12.2 Å². The van der Waals surface area contributed by atoms with Gasteiger partial charge in [0, 0.05) is 29.9 Å². The topological polar surface area (TPSA) is 69.6 Å². The molecule has 0 atom stereocenters. The maximum atomic E-state index is 12.2. The van der Waals surface area contributed by atoms with E-state index in [-0.39, 0.29) is 11.3 Å². The molecular weight excluding hydrogens is 300 g/mol. The molecule has 5 nitrogen and oxygen atoms in total. The van der Waals surface area contributed by atoms with Gasteiger partial charge in [0.05, 0.1) is 0 Å². The molecule has 2 rings (SSSR count). The van der Waals surface area contributed by atoms with Crippen molar-refractivity contribution < 1.29 is 14.7 Å². The number of ketones is 2. The highest BCUT2D eigenvalue weighted by Crippen LogP contribution is 2.30. The molecule has 116 valence electrons. The van der Waals surface area contributed by atoms with Crippen molar-refractivity contribution >= 4 is 34.6 Å². The van der Waals surface area contributed by atoms with Crippen LogP contribution in [0.1, 0.15) is 41.5 Å². The molecule has 1 aromatic rings. The zero-order valence-electron chi connectivity index (χ0n) is 12.8. The van der Waals surface area contributed by atoms with Crippen LogP contribution in [-0.4, -0.2) is 39.8 Å². The molecule has 0 saturated heterocycles. The first kappa shape index (κ1) is 16.2. The lowest BCUT2D eigenvalue weighted by Gasteiger charge is -2.22. The summed E-state index contributed by atoms with van der Waals surface area (Å²) in [5.74, 6) is -1.13. The first-order valence-corrected chi connectivity index (χ1v) is 7.50. The molecule has 0 saturated carbocycles. The molecule has 0 aliphatic heterocycles. The van der Waals surface area contributed by atoms with Crippen molar-refractivity contribution in [2.45, 2.75) is 20.8 Å². The summed E-state index contributed by atoms with van der Waals surface area (Å²) < 4.78 is 0. The quantitative estimate of drug-likeness (QED) is 0.386. The van der Waals surface area contributed by atoms with Crippen molar-refractivity contribution in [1.82, 2.24) is 4.90 Å². The summed E-state index contributed by atoms with van der Waals surface area (Å²) in [7, 11) is 0. The number of anilines is 1. The molecule has 0 amide bonds. The number of aliphatic hydroxyl groups is 1. The summed E-state index contributed by atoms with van der Waals surface area (Å²) in [6.07, 6.45) is 0. The Morgan fingerprint density at radius 3 is 2.32 bits per heavy atom. The van der Waals surface area contributed by atoms with E-state index in [9.17, 15) is 14.7 Å². The number of rotatable bonds is 3. The highest BCUT2D eigenvalue weighted by molar-refractivity contribution is 7.80. The van der Waals surface area contributed by atoms with Crippen LogP contribution in [0.15, 0.2) is 29.5 Å². The van der Waals surface area contributed by atoms with E-state index in [1.807, 2.05) is 18.7 Å². The van der Waals surface area contributed by atoms with Crippen LogP contribution in [0.2, 0.25) is 0 Å². The summed E-state index contributed by atoms with van der Waals surface area (Å²) in [5.41, 5.74) is 1.10. The predicted molar refractivity (Wildman–Crippen MR) is 89.6 cm³/mol. The highest BCUT2D eigenvalue weighted by Gasteiger charge is 2.35. The van der Waals surface area contributed by atoms with E-state index in [2.05, 4.69) is 5.32 Å². The number of carbonyl (C=O) groups is 2. The van der Waals surface area contributed by atoms with Crippen LogP contribution < -0.4 is 5.32 Å². The Morgan fingerprint density at radius 2 is 1.77 bits per heavy atom. The number of carbonyl (C=O) groups excluding carboxylic acids is 2. The van der Waals surface area contributed by atoms with Crippen LogP contribution in [0.3, 0.4) is 0 Å². The molecule has 0 heterocycles. The Labute approximate surface area is 134 Å². The molecular formula is C16H18N2O3S. The van der Waals surface area contributed by atoms with Crippen LogP contribution in [0.5, 0.6) is 0 Å². The number of aliphatic hydroxyl groups excluding tert-OH is 1. The maximum Gasteiger partial charge on any atom is 0.201 e. The lowest BCUT2D eigenvalue weighted by atomic mass is 10.1. The molecule has 0 aromatic heterocycles. The zero-order valence-corrected chi connectivity index (χ0v) is 13.6. The average Bonchev–Trinajstić information content (AvgIpc) is 2.71. The van der Waals surface area contributed by atoms with Crippen LogP contribution in [0.4, 0.5) is 5.69 Å². The Balaban J connectivity index is 2.32. The van der Waals surface area contributed by atoms with Gasteiger partial charge in [0.1, 0.15) is 11.3 Å². The van der Waals surface area contributed by atoms with Crippen LogP contribution in [-0.2, 0) is 0 Å². The van der Waals surface area contributed by atoms with Crippen molar-refractivity contribution in [3.05, 3.63) is 40.7 Å². The van der Waals surface area contributed by atoms with Crippen molar-refractivity contribution in [2.75, 3.05) is 18.4 Å². The van der Waals surface area contributed by atoms with Crippen molar-refractivity contribution in [3.63, 3.8) is 0 Å². The van der Waals surface area contributed by atoms with Gasteiger partial charge in [-0.1, -0.05) is 0 Å². The van der Waals surface area contributed by atoms with Crippen molar-refractivity contribution in [2.24, 2.45) is 0 Å². The standard InChI is InChI=1S/C16H18N2O3S/c1-4-18(5-2)16(22)17-10-6-7-11-12(8-10)15(21)13(9(3)19)14(11)20/h6-8,19H,4-5H2,1-3H3,(H,17,22)/b13-9+. The molecule has 0 fully saturated rings. The van der Waals surface area contributed by atoms with E-state index in [1.54, 1.807) is 18.2 Å². The fourth-order valence-electron chi connectivity index (χ4n) is 2.42. The molecule has 0 radical (unpaired) electrons. The van der Waals surface area contributed by atoms with Gasteiger partial charge in [0.2, 0.25) is 11.6 Å². The summed E-state index contributed by atoms with van der Waals surface area (Å²) in [6.45, 7) is 6.90. The first-order valence-electron chi connectivity index (χ1n) is 7.09. The monoisotopic (exact) mass is 318 g/mol. The third-order valence-electron chi connectivity index (χ3n) is 3.63. The Bertz CT molecular complexity index is 687. The lowest BCUT2D eigenvalue weighted by Crippen LogP contribution is -2.34. The molecule has 1 aromatic carbocycles. The molecule has 1 aliphatic rings. The number of hydrogen-bond acceptors (Lipinski definition) is 4. The van der Waals surface area contributed by atoms with Gasteiger partial charge in [0.25, 0.3) is 0 Å². The normalized spacial score (nSPS) is 15.6. The summed E-state index contributed by atoms with van der Waals surface area (Å²) in [4.78, 5) is 26.3. The van der Waals surface area contributed by atoms with E-state index in [0.29, 0.717) is 21.9 Å². The second kappa shape index (κ2) is 6.27. The van der Waals surface area contributed by atoms with Gasteiger partial charge in [-0.3, -0.25) is 9.59 Å². The van der Waals surface area contributed by atoms with Crippen molar-refractivity contribution in [1.29, 1.82) is 0 Å². The highest BCUT2D eigenvalue weighted by atomic mass is 32.1.